The van der Waals surface area contributed by atoms with Crippen molar-refractivity contribution in [2.75, 3.05) is 34.6 Å². The first kappa shape index (κ1) is 21.8. The Morgan fingerprint density at radius 1 is 0.929 bits per heavy atom. The van der Waals surface area contributed by atoms with E-state index >= 15 is 0 Å². The molecule has 0 bridgehead atoms. The van der Waals surface area contributed by atoms with Crippen LogP contribution in [0.4, 0.5) is 0 Å². The van der Waals surface area contributed by atoms with E-state index in [1.165, 1.54) is 16.0 Å². The molecule has 0 saturated carbocycles. The van der Waals surface area contributed by atoms with Gasteiger partial charge in [0.1, 0.15) is 0 Å². The van der Waals surface area contributed by atoms with Crippen LogP contribution in [0.5, 0.6) is 17.2 Å². The predicted octanol–water partition coefficient (Wildman–Crippen LogP) is 3.61. The lowest BCUT2D eigenvalue weighted by Crippen LogP contribution is -2.36. The molecule has 0 aromatic heterocycles. The van der Waals surface area contributed by atoms with E-state index in [1.54, 1.807) is 40.1 Å². The fourth-order valence-electron chi connectivity index (χ4n) is 2.88. The third-order valence-corrected chi connectivity index (χ3v) is 5.16. The molecule has 0 aliphatic heterocycles. The van der Waals surface area contributed by atoms with Crippen molar-refractivity contribution in [3.05, 3.63) is 47.0 Å². The molecule has 0 aliphatic rings. The van der Waals surface area contributed by atoms with Gasteiger partial charge in [0, 0.05) is 30.6 Å². The quantitative estimate of drug-likeness (QED) is 0.399. The van der Waals surface area contributed by atoms with Gasteiger partial charge < -0.3 is 24.8 Å². The Hall–Kier alpha value is -2.54. The first-order valence-electron chi connectivity index (χ1n) is 8.93. The average molecular weight is 404 g/mol. The van der Waals surface area contributed by atoms with Crippen molar-refractivity contribution in [3.63, 3.8) is 0 Å². The molecule has 0 saturated heterocycles. The van der Waals surface area contributed by atoms with Gasteiger partial charge in [-0.05, 0) is 42.5 Å². The summed E-state index contributed by atoms with van der Waals surface area (Å²) in [6.45, 7) is 3.33. The molecule has 7 heteroatoms. The number of methoxy groups -OCH3 is 3. The summed E-state index contributed by atoms with van der Waals surface area (Å²) < 4.78 is 16.3. The molecular weight excluding hydrogens is 374 g/mol. The summed E-state index contributed by atoms with van der Waals surface area (Å²) in [5.41, 5.74) is 3.45. The lowest BCUT2D eigenvalue weighted by atomic mass is 10.1. The van der Waals surface area contributed by atoms with Gasteiger partial charge in [0.15, 0.2) is 17.5 Å². The lowest BCUT2D eigenvalue weighted by molar-refractivity contribution is 0.322. The molecule has 2 rings (SSSR count). The summed E-state index contributed by atoms with van der Waals surface area (Å²) in [5.74, 6) is 2.57. The highest BCUT2D eigenvalue weighted by Gasteiger charge is 2.16. The second-order valence-corrected chi connectivity index (χ2v) is 6.94. The number of ether oxygens (including phenoxy) is 3. The van der Waals surface area contributed by atoms with Crippen LogP contribution in [0.2, 0.25) is 0 Å². The highest BCUT2D eigenvalue weighted by Crippen LogP contribution is 2.39. The van der Waals surface area contributed by atoms with Crippen LogP contribution in [-0.2, 0) is 13.1 Å². The summed E-state index contributed by atoms with van der Waals surface area (Å²) in [6.07, 6.45) is 2.09. The smallest absolute Gasteiger partial charge is 0.203 e. The predicted molar refractivity (Wildman–Crippen MR) is 116 cm³/mol. The van der Waals surface area contributed by atoms with Crippen molar-refractivity contribution < 1.29 is 14.2 Å². The van der Waals surface area contributed by atoms with E-state index in [1.807, 2.05) is 12.1 Å². The van der Waals surface area contributed by atoms with Gasteiger partial charge in [-0.2, -0.15) is 0 Å². The van der Waals surface area contributed by atoms with Gasteiger partial charge in [-0.15, -0.1) is 11.8 Å². The van der Waals surface area contributed by atoms with Crippen LogP contribution >= 0.6 is 11.8 Å². The number of hydrogen-bond acceptors (Lipinski definition) is 5. The van der Waals surface area contributed by atoms with E-state index in [0.717, 1.165) is 5.56 Å². The SMILES string of the molecule is CN=C(NCc1ccc(C)cc1SC)NCc1ccc(OC)c(OC)c1OC. The molecule has 0 fully saturated rings. The Morgan fingerprint density at radius 3 is 2.14 bits per heavy atom. The van der Waals surface area contributed by atoms with Gasteiger partial charge in [-0.3, -0.25) is 4.99 Å². The van der Waals surface area contributed by atoms with Crippen LogP contribution in [0.25, 0.3) is 0 Å². The van der Waals surface area contributed by atoms with E-state index in [0.29, 0.717) is 36.3 Å². The molecule has 0 atom stereocenters. The minimum absolute atomic E-state index is 0.534. The Labute approximate surface area is 171 Å². The Balaban J connectivity index is 2.07. The normalized spacial score (nSPS) is 11.1. The highest BCUT2D eigenvalue weighted by atomic mass is 32.2. The standard InChI is InChI=1S/C21H29N3O3S/c1-14-7-8-15(18(11-14)28-6)12-23-21(22-2)24-13-16-9-10-17(25-3)20(27-5)19(16)26-4/h7-11H,12-13H2,1-6H3,(H2,22,23,24). The molecule has 6 nitrogen and oxygen atoms in total. The minimum Gasteiger partial charge on any atom is -0.493 e. The van der Waals surface area contributed by atoms with Crippen LogP contribution in [-0.4, -0.2) is 40.6 Å². The largest absolute Gasteiger partial charge is 0.493 e. The highest BCUT2D eigenvalue weighted by molar-refractivity contribution is 7.98. The van der Waals surface area contributed by atoms with Crippen LogP contribution < -0.4 is 24.8 Å². The van der Waals surface area contributed by atoms with Gasteiger partial charge in [0.25, 0.3) is 0 Å². The summed E-state index contributed by atoms with van der Waals surface area (Å²) in [7, 11) is 6.58. The monoisotopic (exact) mass is 403 g/mol. The molecule has 2 aromatic rings. The van der Waals surface area contributed by atoms with E-state index < -0.39 is 0 Å². The number of nitrogens with one attached hydrogen (secondary N) is 2. The second kappa shape index (κ2) is 10.7. The van der Waals surface area contributed by atoms with E-state index in [2.05, 4.69) is 47.0 Å². The van der Waals surface area contributed by atoms with Gasteiger partial charge >= 0.3 is 0 Å². The zero-order chi connectivity index (χ0) is 20.5. The molecule has 0 heterocycles. The first-order valence-corrected chi connectivity index (χ1v) is 10.2. The van der Waals surface area contributed by atoms with Gasteiger partial charge in [-0.1, -0.05) is 12.1 Å². The number of guanidine groups is 1. The van der Waals surface area contributed by atoms with E-state index in [4.69, 9.17) is 14.2 Å². The van der Waals surface area contributed by atoms with Gasteiger partial charge in [0.2, 0.25) is 5.75 Å². The summed E-state index contributed by atoms with van der Waals surface area (Å²) in [5, 5.41) is 6.69. The molecule has 28 heavy (non-hydrogen) atoms. The van der Waals surface area contributed by atoms with Crippen molar-refractivity contribution in [1.29, 1.82) is 0 Å². The number of rotatable bonds is 8. The minimum atomic E-state index is 0.534. The van der Waals surface area contributed by atoms with Gasteiger partial charge in [0.05, 0.1) is 21.3 Å². The van der Waals surface area contributed by atoms with Crippen LogP contribution in [0.15, 0.2) is 40.2 Å². The lowest BCUT2D eigenvalue weighted by Gasteiger charge is -2.18. The molecule has 0 unspecified atom stereocenters. The summed E-state index contributed by atoms with van der Waals surface area (Å²) in [4.78, 5) is 5.58. The Kier molecular flexibility index (Phi) is 8.32. The maximum absolute atomic E-state index is 5.54. The summed E-state index contributed by atoms with van der Waals surface area (Å²) >= 11 is 1.75. The van der Waals surface area contributed by atoms with Crippen molar-refractivity contribution in [2.45, 2.75) is 24.9 Å². The molecule has 152 valence electrons. The van der Waals surface area contributed by atoms with Crippen molar-refractivity contribution in [1.82, 2.24) is 10.6 Å². The fourth-order valence-corrected chi connectivity index (χ4v) is 3.58. The second-order valence-electron chi connectivity index (χ2n) is 6.09. The molecule has 0 amide bonds. The topological polar surface area (TPSA) is 64.1 Å². The van der Waals surface area contributed by atoms with Crippen molar-refractivity contribution in [2.24, 2.45) is 4.99 Å². The Morgan fingerprint density at radius 2 is 1.57 bits per heavy atom. The average Bonchev–Trinajstić information content (AvgIpc) is 2.73. The molecule has 0 spiro atoms. The number of thioether (sulfide) groups is 1. The maximum Gasteiger partial charge on any atom is 0.203 e. The molecule has 2 aromatic carbocycles. The molecule has 0 radical (unpaired) electrons. The number of nitrogens with zero attached hydrogens (tertiary/aromatic N) is 1. The van der Waals surface area contributed by atoms with Crippen LogP contribution in [0.3, 0.4) is 0 Å². The third kappa shape index (κ3) is 5.25. The molecular formula is C21H29N3O3S. The third-order valence-electron chi connectivity index (χ3n) is 4.34. The van der Waals surface area contributed by atoms with Gasteiger partial charge in [-0.25, -0.2) is 0 Å². The molecule has 0 aliphatic carbocycles. The zero-order valence-electron chi connectivity index (χ0n) is 17.4. The Bertz CT molecular complexity index is 825. The fraction of sp³-hybridized carbons (Fsp3) is 0.381. The summed E-state index contributed by atoms with van der Waals surface area (Å²) in [6, 6.07) is 10.3. The maximum atomic E-state index is 5.54. The van der Waals surface area contributed by atoms with Crippen LogP contribution in [0.1, 0.15) is 16.7 Å². The van der Waals surface area contributed by atoms with Crippen molar-refractivity contribution in [3.8, 4) is 17.2 Å². The van der Waals surface area contributed by atoms with Crippen molar-refractivity contribution >= 4 is 17.7 Å². The number of benzene rings is 2. The van der Waals surface area contributed by atoms with E-state index in [-0.39, 0.29) is 0 Å². The van der Waals surface area contributed by atoms with E-state index in [9.17, 15) is 0 Å². The molecule has 2 N–H and O–H groups in total. The number of hydrogen-bond donors (Lipinski definition) is 2. The first-order chi connectivity index (χ1) is 13.6. The number of aryl methyl sites for hydroxylation is 1. The number of aliphatic imine (C=N–C) groups is 1. The zero-order valence-corrected chi connectivity index (χ0v) is 18.2. The van der Waals surface area contributed by atoms with Crippen LogP contribution in [0, 0.1) is 6.92 Å².